The Morgan fingerprint density at radius 1 is 1.23 bits per heavy atom. The monoisotopic (exact) mass is 370 g/mol. The Bertz CT molecular complexity index is 1060. The smallest absolute Gasteiger partial charge is 0.324 e. The molecule has 1 atom stereocenters. The van der Waals surface area contributed by atoms with Gasteiger partial charge >= 0.3 is 5.69 Å². The largest absolute Gasteiger partial charge is 0.334 e. The Morgan fingerprint density at radius 3 is 2.88 bits per heavy atom. The van der Waals surface area contributed by atoms with Crippen LogP contribution in [0.4, 0.5) is 5.82 Å². The van der Waals surface area contributed by atoms with Crippen LogP contribution in [0, 0.1) is 0 Å². The molecule has 0 radical (unpaired) electrons. The van der Waals surface area contributed by atoms with Gasteiger partial charge in [-0.25, -0.2) is 9.36 Å². The van der Waals surface area contributed by atoms with Crippen LogP contribution in [0.15, 0.2) is 58.4 Å². The van der Waals surface area contributed by atoms with E-state index in [1.165, 1.54) is 4.57 Å². The van der Waals surface area contributed by atoms with Crippen LogP contribution < -0.4 is 21.5 Å². The summed E-state index contributed by atoms with van der Waals surface area (Å²) in [6.07, 6.45) is 3.55. The molecule has 1 aliphatic heterocycles. The first-order valence-electron chi connectivity index (χ1n) is 8.22. The summed E-state index contributed by atoms with van der Waals surface area (Å²) in [5.74, 6) is 0.524. The molecule has 1 unspecified atom stereocenters. The number of aromatic nitrogens is 3. The quantitative estimate of drug-likeness (QED) is 0.628. The molecule has 0 aliphatic carbocycles. The predicted octanol–water partition coefficient (Wildman–Crippen LogP) is 0.542. The summed E-state index contributed by atoms with van der Waals surface area (Å²) >= 11 is 6.06. The number of nitrogens with zero attached hydrogens (tertiary/aromatic N) is 2. The molecule has 1 aliphatic rings. The minimum absolute atomic E-state index is 0.362. The standard InChI is InChI=1S/C18H16ClN5O2/c19-13-4-1-5-14(7-13)24-16-15(17(25)22-18(24)26)10-23(11-21-16)9-12-3-2-6-20-8-12/h1-8,21H,9-11H2,(H,22,25,26)/p+1. The van der Waals surface area contributed by atoms with Crippen LogP contribution in [0.1, 0.15) is 11.1 Å². The maximum Gasteiger partial charge on any atom is 0.334 e. The molecule has 0 saturated heterocycles. The van der Waals surface area contributed by atoms with E-state index in [0.29, 0.717) is 35.3 Å². The molecular weight excluding hydrogens is 354 g/mol. The van der Waals surface area contributed by atoms with E-state index in [1.54, 1.807) is 30.5 Å². The minimum Gasteiger partial charge on any atom is -0.324 e. The van der Waals surface area contributed by atoms with Crippen molar-refractivity contribution in [3.8, 4) is 5.69 Å². The van der Waals surface area contributed by atoms with Gasteiger partial charge < -0.3 is 10.2 Å². The number of anilines is 1. The van der Waals surface area contributed by atoms with Crippen LogP contribution >= 0.6 is 11.6 Å². The van der Waals surface area contributed by atoms with Gasteiger partial charge in [-0.3, -0.25) is 14.8 Å². The van der Waals surface area contributed by atoms with Crippen molar-refractivity contribution in [2.24, 2.45) is 0 Å². The van der Waals surface area contributed by atoms with E-state index < -0.39 is 5.69 Å². The van der Waals surface area contributed by atoms with Crippen LogP contribution in [-0.2, 0) is 13.1 Å². The van der Waals surface area contributed by atoms with E-state index in [1.807, 2.05) is 18.3 Å². The summed E-state index contributed by atoms with van der Waals surface area (Å²) < 4.78 is 1.46. The van der Waals surface area contributed by atoms with E-state index in [0.717, 1.165) is 17.0 Å². The first kappa shape index (κ1) is 16.6. The Labute approximate surface area is 153 Å². The Balaban J connectivity index is 1.73. The molecule has 0 amide bonds. The minimum atomic E-state index is -0.487. The zero-order valence-electron chi connectivity index (χ0n) is 13.8. The number of H-pyrrole nitrogens is 1. The molecule has 3 heterocycles. The molecule has 7 nitrogen and oxygen atoms in total. The molecule has 8 heteroatoms. The van der Waals surface area contributed by atoms with Crippen molar-refractivity contribution in [1.82, 2.24) is 14.5 Å². The number of fused-ring (bicyclic) bond motifs is 1. The SMILES string of the molecule is O=c1[nH]c(=O)n(-c2cccc(Cl)c2)c2c1C[NH+](Cc1cccnc1)CN2. The van der Waals surface area contributed by atoms with Gasteiger partial charge in [-0.2, -0.15) is 0 Å². The molecule has 132 valence electrons. The molecule has 0 fully saturated rings. The zero-order valence-corrected chi connectivity index (χ0v) is 14.6. The lowest BCUT2D eigenvalue weighted by molar-refractivity contribution is -0.926. The first-order chi connectivity index (χ1) is 12.6. The summed E-state index contributed by atoms with van der Waals surface area (Å²) in [4.78, 5) is 32.5. The molecule has 0 saturated carbocycles. The van der Waals surface area contributed by atoms with Crippen LogP contribution in [0.2, 0.25) is 5.02 Å². The third kappa shape index (κ3) is 3.14. The summed E-state index contributed by atoms with van der Waals surface area (Å²) in [7, 11) is 0. The van der Waals surface area contributed by atoms with Gasteiger partial charge in [0.15, 0.2) is 6.67 Å². The molecule has 3 N–H and O–H groups in total. The highest BCUT2D eigenvalue weighted by atomic mass is 35.5. The number of hydrogen-bond acceptors (Lipinski definition) is 4. The maximum absolute atomic E-state index is 12.4. The topological polar surface area (TPSA) is 84.2 Å². The highest BCUT2D eigenvalue weighted by Crippen LogP contribution is 2.19. The van der Waals surface area contributed by atoms with Crippen LogP contribution in [0.25, 0.3) is 5.69 Å². The fourth-order valence-electron chi connectivity index (χ4n) is 3.22. The van der Waals surface area contributed by atoms with Gasteiger partial charge in [-0.1, -0.05) is 23.7 Å². The Morgan fingerprint density at radius 2 is 2.12 bits per heavy atom. The van der Waals surface area contributed by atoms with Crippen molar-refractivity contribution >= 4 is 17.4 Å². The van der Waals surface area contributed by atoms with E-state index >= 15 is 0 Å². The molecule has 1 aromatic carbocycles. The second kappa shape index (κ2) is 6.78. The van der Waals surface area contributed by atoms with Gasteiger partial charge in [0.25, 0.3) is 5.56 Å². The molecular formula is C18H17ClN5O2+. The lowest BCUT2D eigenvalue weighted by Gasteiger charge is -2.28. The third-order valence-electron chi connectivity index (χ3n) is 4.38. The highest BCUT2D eigenvalue weighted by molar-refractivity contribution is 6.30. The molecule has 2 aromatic heterocycles. The summed E-state index contributed by atoms with van der Waals surface area (Å²) in [5, 5.41) is 3.77. The molecule has 3 aromatic rings. The Kier molecular flexibility index (Phi) is 4.32. The zero-order chi connectivity index (χ0) is 18.1. The predicted molar refractivity (Wildman–Crippen MR) is 98.8 cm³/mol. The second-order valence-corrected chi connectivity index (χ2v) is 6.66. The van der Waals surface area contributed by atoms with E-state index in [2.05, 4.69) is 15.3 Å². The molecule has 4 rings (SSSR count). The van der Waals surface area contributed by atoms with Crippen LogP contribution in [0.3, 0.4) is 0 Å². The second-order valence-electron chi connectivity index (χ2n) is 6.22. The van der Waals surface area contributed by atoms with Gasteiger partial charge in [-0.05, 0) is 24.3 Å². The van der Waals surface area contributed by atoms with Crippen LogP contribution in [-0.4, -0.2) is 21.2 Å². The molecule has 26 heavy (non-hydrogen) atoms. The first-order valence-corrected chi connectivity index (χ1v) is 8.60. The molecule has 0 spiro atoms. The molecule has 0 bridgehead atoms. The number of quaternary nitrogens is 1. The maximum atomic E-state index is 12.4. The number of hydrogen-bond donors (Lipinski definition) is 3. The average Bonchev–Trinajstić information content (AvgIpc) is 2.63. The Hall–Kier alpha value is -2.90. The number of benzene rings is 1. The van der Waals surface area contributed by atoms with Crippen molar-refractivity contribution in [2.45, 2.75) is 13.1 Å². The average molecular weight is 371 g/mol. The van der Waals surface area contributed by atoms with Crippen LogP contribution in [0.5, 0.6) is 0 Å². The summed E-state index contributed by atoms with van der Waals surface area (Å²) in [5.41, 5.74) is 1.40. The summed E-state index contributed by atoms with van der Waals surface area (Å²) in [6, 6.07) is 10.9. The third-order valence-corrected chi connectivity index (χ3v) is 4.62. The van der Waals surface area contributed by atoms with E-state index in [9.17, 15) is 9.59 Å². The van der Waals surface area contributed by atoms with Gasteiger partial charge in [-0.15, -0.1) is 0 Å². The lowest BCUT2D eigenvalue weighted by Crippen LogP contribution is -3.11. The highest BCUT2D eigenvalue weighted by Gasteiger charge is 2.26. The van der Waals surface area contributed by atoms with Crippen molar-refractivity contribution in [3.05, 3.63) is 85.8 Å². The number of pyridine rings is 1. The van der Waals surface area contributed by atoms with Crippen molar-refractivity contribution in [1.29, 1.82) is 0 Å². The normalized spacial score (nSPS) is 16.0. The number of aromatic amines is 1. The van der Waals surface area contributed by atoms with Crippen molar-refractivity contribution in [3.63, 3.8) is 0 Å². The van der Waals surface area contributed by atoms with Crippen molar-refractivity contribution in [2.75, 3.05) is 12.0 Å². The van der Waals surface area contributed by atoms with Gasteiger partial charge in [0.1, 0.15) is 24.5 Å². The number of halogens is 1. The van der Waals surface area contributed by atoms with E-state index in [4.69, 9.17) is 11.6 Å². The number of rotatable bonds is 3. The van der Waals surface area contributed by atoms with Gasteiger partial charge in [0, 0.05) is 23.0 Å². The fraction of sp³-hybridized carbons (Fsp3) is 0.167. The van der Waals surface area contributed by atoms with Crippen molar-refractivity contribution < 1.29 is 4.90 Å². The van der Waals surface area contributed by atoms with Gasteiger partial charge in [0.2, 0.25) is 0 Å². The lowest BCUT2D eigenvalue weighted by atomic mass is 10.2. The number of nitrogens with one attached hydrogen (secondary N) is 3. The fourth-order valence-corrected chi connectivity index (χ4v) is 3.41. The summed E-state index contributed by atoms with van der Waals surface area (Å²) in [6.45, 7) is 1.83. The van der Waals surface area contributed by atoms with E-state index in [-0.39, 0.29) is 5.56 Å². The van der Waals surface area contributed by atoms with Gasteiger partial charge in [0.05, 0.1) is 5.69 Å².